The van der Waals surface area contributed by atoms with E-state index in [1.54, 1.807) is 11.3 Å². The average Bonchev–Trinajstić information content (AvgIpc) is 2.92. The molecule has 0 aliphatic heterocycles. The molecule has 2 rings (SSSR count). The highest BCUT2D eigenvalue weighted by molar-refractivity contribution is 7.11. The molecule has 0 aliphatic rings. The van der Waals surface area contributed by atoms with Gasteiger partial charge in [-0.15, -0.1) is 11.3 Å². The first-order chi connectivity index (χ1) is 10.6. The first kappa shape index (κ1) is 16.9. The van der Waals surface area contributed by atoms with Gasteiger partial charge < -0.3 is 11.1 Å². The summed E-state index contributed by atoms with van der Waals surface area (Å²) in [7, 11) is 0. The summed E-state index contributed by atoms with van der Waals surface area (Å²) in [6.07, 6.45) is 4.86. The number of carbonyl (C=O) groups excluding carboxylic acids is 1. The molecule has 2 aromatic rings. The number of halogens is 1. The second-order valence-corrected chi connectivity index (χ2v) is 6.67. The van der Waals surface area contributed by atoms with E-state index >= 15 is 0 Å². The molecule has 0 radical (unpaired) electrons. The molecule has 6 heteroatoms. The van der Waals surface area contributed by atoms with Crippen molar-refractivity contribution in [2.24, 2.45) is 5.73 Å². The Kier molecular flexibility index (Phi) is 6.83. The van der Waals surface area contributed by atoms with Gasteiger partial charge in [-0.25, -0.2) is 4.98 Å². The zero-order valence-corrected chi connectivity index (χ0v) is 13.9. The van der Waals surface area contributed by atoms with Crippen molar-refractivity contribution >= 4 is 28.8 Å². The molecule has 0 saturated heterocycles. The normalized spacial score (nSPS) is 10.8. The predicted octanol–water partition coefficient (Wildman–Crippen LogP) is 2.78. The Morgan fingerprint density at radius 2 is 2.14 bits per heavy atom. The van der Waals surface area contributed by atoms with Gasteiger partial charge >= 0.3 is 0 Å². The van der Waals surface area contributed by atoms with E-state index in [0.29, 0.717) is 6.42 Å². The van der Waals surface area contributed by atoms with Crippen molar-refractivity contribution < 1.29 is 4.79 Å². The van der Waals surface area contributed by atoms with Gasteiger partial charge in [0.05, 0.1) is 5.01 Å². The van der Waals surface area contributed by atoms with Crippen LogP contribution in [0.1, 0.15) is 28.3 Å². The van der Waals surface area contributed by atoms with Crippen molar-refractivity contribution in [3.8, 4) is 0 Å². The van der Waals surface area contributed by atoms with E-state index < -0.39 is 0 Å². The van der Waals surface area contributed by atoms with Crippen LogP contribution in [0, 0.1) is 0 Å². The second kappa shape index (κ2) is 8.88. The number of amides is 1. The van der Waals surface area contributed by atoms with Gasteiger partial charge in [-0.05, 0) is 24.6 Å². The van der Waals surface area contributed by atoms with Crippen molar-refractivity contribution in [2.45, 2.75) is 25.7 Å². The first-order valence-corrected chi connectivity index (χ1v) is 8.50. The summed E-state index contributed by atoms with van der Waals surface area (Å²) in [5.74, 6) is -0.245. The van der Waals surface area contributed by atoms with Crippen molar-refractivity contribution in [3.05, 3.63) is 50.9 Å². The van der Waals surface area contributed by atoms with Crippen molar-refractivity contribution in [2.75, 3.05) is 13.1 Å². The fourth-order valence-electron chi connectivity index (χ4n) is 2.08. The molecular formula is C16H20ClN3OS. The summed E-state index contributed by atoms with van der Waals surface area (Å²) in [6.45, 7) is 1.67. The third kappa shape index (κ3) is 5.75. The Balaban J connectivity index is 1.73. The summed E-state index contributed by atoms with van der Waals surface area (Å²) in [4.78, 5) is 16.3. The van der Waals surface area contributed by atoms with Gasteiger partial charge in [0.25, 0.3) is 0 Å². The Bertz CT molecular complexity index is 615. The number of nitrogens with two attached hydrogens (primary N) is 1. The smallest absolute Gasteiger partial charge is 0.217 e. The number of hydrogen-bond donors (Lipinski definition) is 2. The van der Waals surface area contributed by atoms with Crippen LogP contribution in [0.2, 0.25) is 5.02 Å². The van der Waals surface area contributed by atoms with E-state index in [1.165, 1.54) is 4.88 Å². The van der Waals surface area contributed by atoms with E-state index in [9.17, 15) is 4.79 Å². The highest BCUT2D eigenvalue weighted by atomic mass is 35.5. The van der Waals surface area contributed by atoms with Crippen LogP contribution in [0.15, 0.2) is 30.5 Å². The van der Waals surface area contributed by atoms with Gasteiger partial charge in [0.2, 0.25) is 5.91 Å². The maximum Gasteiger partial charge on any atom is 0.217 e. The minimum atomic E-state index is -0.245. The monoisotopic (exact) mass is 337 g/mol. The molecule has 1 aromatic carbocycles. The first-order valence-electron chi connectivity index (χ1n) is 7.31. The van der Waals surface area contributed by atoms with Crippen molar-refractivity contribution in [1.29, 1.82) is 0 Å². The number of thiazole rings is 1. The molecule has 4 nitrogen and oxygen atoms in total. The van der Waals surface area contributed by atoms with Crippen LogP contribution in [-0.4, -0.2) is 24.0 Å². The maximum atomic E-state index is 10.6. The van der Waals surface area contributed by atoms with Gasteiger partial charge in [0, 0.05) is 41.9 Å². The van der Waals surface area contributed by atoms with Gasteiger partial charge in [0.15, 0.2) is 0 Å². The molecular weight excluding hydrogens is 318 g/mol. The van der Waals surface area contributed by atoms with Crippen LogP contribution < -0.4 is 11.1 Å². The van der Waals surface area contributed by atoms with Crippen LogP contribution in [-0.2, 0) is 17.6 Å². The largest absolute Gasteiger partial charge is 0.370 e. The Labute approximate surface area is 139 Å². The molecule has 0 aliphatic carbocycles. The van der Waals surface area contributed by atoms with Crippen molar-refractivity contribution in [3.63, 3.8) is 0 Å². The van der Waals surface area contributed by atoms with Crippen LogP contribution in [0.4, 0.5) is 0 Å². The average molecular weight is 338 g/mol. The number of nitrogens with zero attached hydrogens (tertiary/aromatic N) is 1. The van der Waals surface area contributed by atoms with E-state index in [4.69, 9.17) is 17.3 Å². The molecule has 0 unspecified atom stereocenters. The van der Waals surface area contributed by atoms with Gasteiger partial charge in [-0.1, -0.05) is 29.8 Å². The topological polar surface area (TPSA) is 68.0 Å². The van der Waals surface area contributed by atoms with Crippen LogP contribution in [0.5, 0.6) is 0 Å². The lowest BCUT2D eigenvalue weighted by Gasteiger charge is -2.02. The molecule has 0 fully saturated rings. The summed E-state index contributed by atoms with van der Waals surface area (Å²) >= 11 is 7.90. The molecule has 0 atom stereocenters. The lowest BCUT2D eigenvalue weighted by molar-refractivity contribution is -0.118. The van der Waals surface area contributed by atoms with Crippen LogP contribution in [0.25, 0.3) is 0 Å². The zero-order valence-electron chi connectivity index (χ0n) is 12.3. The molecule has 1 heterocycles. The molecule has 3 N–H and O–H groups in total. The van der Waals surface area contributed by atoms with E-state index in [1.807, 2.05) is 30.5 Å². The summed E-state index contributed by atoms with van der Waals surface area (Å²) in [5.41, 5.74) is 6.22. The Morgan fingerprint density at radius 3 is 2.91 bits per heavy atom. The molecule has 0 spiro atoms. The van der Waals surface area contributed by atoms with Gasteiger partial charge in [-0.2, -0.15) is 0 Å². The number of nitrogens with one attached hydrogen (secondary N) is 1. The molecule has 1 amide bonds. The fourth-order valence-corrected chi connectivity index (χ4v) is 3.23. The number of rotatable bonds is 9. The fraction of sp³-hybridized carbons (Fsp3) is 0.375. The van der Waals surface area contributed by atoms with Gasteiger partial charge in [0.1, 0.15) is 0 Å². The standard InChI is InChI=1S/C16H20ClN3OS/c17-14-5-2-1-4-12(14)10-13-11-20-16(22-13)7-9-19-8-3-6-15(18)21/h1-2,4-5,11,19H,3,6-10H2,(H2,18,21). The quantitative estimate of drug-likeness (QED) is 0.691. The van der Waals surface area contributed by atoms with Gasteiger partial charge in [-0.3, -0.25) is 4.79 Å². The minimum absolute atomic E-state index is 0.245. The van der Waals surface area contributed by atoms with Crippen molar-refractivity contribution in [1.82, 2.24) is 10.3 Å². The Hall–Kier alpha value is -1.43. The number of aromatic nitrogens is 1. The molecule has 22 heavy (non-hydrogen) atoms. The van der Waals surface area contributed by atoms with E-state index in [2.05, 4.69) is 10.3 Å². The third-order valence-electron chi connectivity index (χ3n) is 3.22. The molecule has 0 saturated carbocycles. The van der Waals surface area contributed by atoms with E-state index in [-0.39, 0.29) is 5.91 Å². The maximum absolute atomic E-state index is 10.6. The lowest BCUT2D eigenvalue weighted by Crippen LogP contribution is -2.20. The summed E-state index contributed by atoms with van der Waals surface area (Å²) < 4.78 is 0. The highest BCUT2D eigenvalue weighted by Gasteiger charge is 2.05. The minimum Gasteiger partial charge on any atom is -0.370 e. The Morgan fingerprint density at radius 1 is 1.32 bits per heavy atom. The number of carbonyl (C=O) groups is 1. The zero-order chi connectivity index (χ0) is 15.8. The number of hydrogen-bond acceptors (Lipinski definition) is 4. The highest BCUT2D eigenvalue weighted by Crippen LogP contribution is 2.22. The summed E-state index contributed by atoms with van der Waals surface area (Å²) in [6, 6.07) is 7.89. The third-order valence-corrected chi connectivity index (χ3v) is 4.64. The molecule has 0 bridgehead atoms. The number of primary amides is 1. The summed E-state index contributed by atoms with van der Waals surface area (Å²) in [5, 5.41) is 5.21. The predicted molar refractivity (Wildman–Crippen MR) is 91.4 cm³/mol. The number of benzene rings is 1. The SMILES string of the molecule is NC(=O)CCCNCCc1ncc(Cc2ccccc2Cl)s1. The van der Waals surface area contributed by atoms with Crippen LogP contribution >= 0.6 is 22.9 Å². The van der Waals surface area contributed by atoms with Crippen LogP contribution in [0.3, 0.4) is 0 Å². The molecule has 1 aromatic heterocycles. The molecule has 118 valence electrons. The lowest BCUT2D eigenvalue weighted by atomic mass is 10.1. The van der Waals surface area contributed by atoms with E-state index in [0.717, 1.165) is 47.9 Å². The second-order valence-electron chi connectivity index (χ2n) is 5.06.